The van der Waals surface area contributed by atoms with Gasteiger partial charge >= 0.3 is 0 Å². The smallest absolute Gasteiger partial charge is 0.223 e. The molecule has 3 N–H and O–H groups in total. The van der Waals surface area contributed by atoms with E-state index in [4.69, 9.17) is 5.73 Å². The molecule has 2 amide bonds. The molecule has 0 aromatic rings. The summed E-state index contributed by atoms with van der Waals surface area (Å²) in [6, 6.07) is 0. The molecule has 0 heterocycles. The number of carbonyl (C=O) groups excluding carboxylic acids is 2. The van der Waals surface area contributed by atoms with Crippen LogP contribution < -0.4 is 11.1 Å². The maximum absolute atomic E-state index is 11.1. The lowest BCUT2D eigenvalue weighted by atomic mass is 10.1. The topological polar surface area (TPSA) is 72.2 Å². The third kappa shape index (κ3) is 6.77. The molecule has 81 valence electrons. The van der Waals surface area contributed by atoms with Crippen molar-refractivity contribution in [1.29, 1.82) is 0 Å². The fraction of sp³-hybridized carbons (Fsp3) is 0.667. The Balaban J connectivity index is 3.48. The average Bonchev–Trinajstić information content (AvgIpc) is 2.14. The van der Waals surface area contributed by atoms with E-state index in [-0.39, 0.29) is 17.7 Å². The zero-order valence-electron chi connectivity index (χ0n) is 8.58. The molecule has 1 radical (unpaired) electrons. The quantitative estimate of drug-likeness (QED) is 0.598. The van der Waals surface area contributed by atoms with Gasteiger partial charge in [0.1, 0.15) is 0 Å². The van der Waals surface area contributed by atoms with Crippen molar-refractivity contribution in [3.8, 4) is 0 Å². The van der Waals surface area contributed by atoms with Gasteiger partial charge in [-0.3, -0.25) is 9.59 Å². The summed E-state index contributed by atoms with van der Waals surface area (Å²) in [5.41, 5.74) is 5.05. The van der Waals surface area contributed by atoms with E-state index >= 15 is 0 Å². The lowest BCUT2D eigenvalue weighted by Crippen LogP contribution is -2.28. The van der Waals surface area contributed by atoms with Crippen LogP contribution in [0, 0.1) is 12.3 Å². The zero-order chi connectivity index (χ0) is 11.0. The van der Waals surface area contributed by atoms with Crippen molar-refractivity contribution >= 4 is 23.6 Å². The summed E-state index contributed by atoms with van der Waals surface area (Å²) in [4.78, 5) is 21.8. The monoisotopic (exact) mass is 217 g/mol. The van der Waals surface area contributed by atoms with E-state index in [0.717, 1.165) is 5.75 Å². The molecule has 0 aliphatic heterocycles. The van der Waals surface area contributed by atoms with Crippen molar-refractivity contribution in [3.63, 3.8) is 0 Å². The Bertz CT molecular complexity index is 197. The summed E-state index contributed by atoms with van der Waals surface area (Å²) in [7, 11) is 0. The number of nitrogens with one attached hydrogen (secondary N) is 1. The van der Waals surface area contributed by atoms with E-state index < -0.39 is 0 Å². The van der Waals surface area contributed by atoms with E-state index in [1.165, 1.54) is 6.42 Å². The van der Waals surface area contributed by atoms with Gasteiger partial charge in [0.2, 0.25) is 11.8 Å². The fourth-order valence-electron chi connectivity index (χ4n) is 0.748. The summed E-state index contributed by atoms with van der Waals surface area (Å²) in [6.07, 6.45) is 3.85. The number of thioether (sulfide) groups is 1. The van der Waals surface area contributed by atoms with Gasteiger partial charge in [-0.15, -0.1) is 0 Å². The zero-order valence-corrected chi connectivity index (χ0v) is 9.39. The number of nitrogens with two attached hydrogens (primary N) is 1. The number of amides is 2. The van der Waals surface area contributed by atoms with Crippen molar-refractivity contribution in [2.75, 3.05) is 18.6 Å². The second-order valence-corrected chi connectivity index (χ2v) is 4.01. The van der Waals surface area contributed by atoms with Gasteiger partial charge in [-0.1, -0.05) is 6.92 Å². The van der Waals surface area contributed by atoms with Gasteiger partial charge in [-0.2, -0.15) is 11.8 Å². The van der Waals surface area contributed by atoms with Crippen molar-refractivity contribution in [2.45, 2.75) is 13.3 Å². The Morgan fingerprint density at radius 3 is 2.71 bits per heavy atom. The van der Waals surface area contributed by atoms with Crippen LogP contribution in [-0.4, -0.2) is 30.4 Å². The molecule has 4 nitrogen and oxygen atoms in total. The molecule has 1 atom stereocenters. The number of carbonyl (C=O) groups is 2. The largest absolute Gasteiger partial charge is 0.369 e. The minimum atomic E-state index is -0.377. The predicted octanol–water partition coefficient (Wildman–Crippen LogP) is 0.181. The van der Waals surface area contributed by atoms with E-state index in [1.807, 2.05) is 6.26 Å². The van der Waals surface area contributed by atoms with Crippen molar-refractivity contribution in [1.82, 2.24) is 5.32 Å². The molecular weight excluding hydrogens is 200 g/mol. The number of hydrogen-bond donors (Lipinski definition) is 2. The third-order valence-electron chi connectivity index (χ3n) is 1.75. The highest BCUT2D eigenvalue weighted by Crippen LogP contribution is 2.02. The van der Waals surface area contributed by atoms with Crippen LogP contribution in [0.5, 0.6) is 0 Å². The fourth-order valence-corrected chi connectivity index (χ4v) is 1.05. The van der Waals surface area contributed by atoms with Crippen LogP contribution in [0.4, 0.5) is 0 Å². The number of rotatable bonds is 7. The SMILES string of the molecule is CSCCNC(=O)[CH]C[C@H](C)C(N)=O. The Morgan fingerprint density at radius 1 is 1.57 bits per heavy atom. The van der Waals surface area contributed by atoms with Crippen LogP contribution in [0.25, 0.3) is 0 Å². The molecule has 0 spiro atoms. The Kier molecular flexibility index (Phi) is 7.28. The van der Waals surface area contributed by atoms with E-state index in [2.05, 4.69) is 5.32 Å². The van der Waals surface area contributed by atoms with E-state index in [1.54, 1.807) is 18.7 Å². The third-order valence-corrected chi connectivity index (χ3v) is 2.36. The van der Waals surface area contributed by atoms with Crippen LogP contribution in [-0.2, 0) is 9.59 Å². The standard InChI is InChI=1S/C9H17N2O2S/c1-7(9(10)13)3-4-8(12)11-5-6-14-2/h4,7H,3,5-6H2,1-2H3,(H2,10,13)(H,11,12)/t7-/m0/s1. The Hall–Kier alpha value is -0.710. The van der Waals surface area contributed by atoms with Crippen LogP contribution in [0.2, 0.25) is 0 Å². The lowest BCUT2D eigenvalue weighted by molar-refractivity contribution is -0.121. The first kappa shape index (κ1) is 13.3. The van der Waals surface area contributed by atoms with Gasteiger partial charge in [0.05, 0.1) is 6.42 Å². The first-order valence-electron chi connectivity index (χ1n) is 4.47. The van der Waals surface area contributed by atoms with Crippen LogP contribution in [0.3, 0.4) is 0 Å². The Morgan fingerprint density at radius 2 is 2.21 bits per heavy atom. The minimum Gasteiger partial charge on any atom is -0.369 e. The van der Waals surface area contributed by atoms with Crippen LogP contribution in [0.15, 0.2) is 0 Å². The molecule has 0 aromatic carbocycles. The van der Waals surface area contributed by atoms with Gasteiger partial charge < -0.3 is 11.1 Å². The second kappa shape index (κ2) is 7.67. The molecule has 0 bridgehead atoms. The molecule has 0 unspecified atom stereocenters. The lowest BCUT2D eigenvalue weighted by Gasteiger charge is -2.06. The predicted molar refractivity (Wildman–Crippen MR) is 58.7 cm³/mol. The maximum Gasteiger partial charge on any atom is 0.223 e. The molecule has 0 aromatic heterocycles. The molecule has 0 aliphatic carbocycles. The normalized spacial score (nSPS) is 12.1. The van der Waals surface area contributed by atoms with Gasteiger partial charge in [-0.05, 0) is 12.7 Å². The second-order valence-electron chi connectivity index (χ2n) is 3.03. The van der Waals surface area contributed by atoms with E-state index in [0.29, 0.717) is 13.0 Å². The molecular formula is C9H17N2O2S. The molecule has 0 saturated carbocycles. The summed E-state index contributed by atoms with van der Waals surface area (Å²) in [6.45, 7) is 2.36. The van der Waals surface area contributed by atoms with Gasteiger partial charge in [-0.25, -0.2) is 0 Å². The Labute approximate surface area is 89.0 Å². The molecule has 5 heteroatoms. The number of primary amides is 1. The maximum atomic E-state index is 11.1. The summed E-state index contributed by atoms with van der Waals surface area (Å²) in [5, 5.41) is 2.71. The summed E-state index contributed by atoms with van der Waals surface area (Å²) < 4.78 is 0. The van der Waals surface area contributed by atoms with Gasteiger partial charge in [0, 0.05) is 18.2 Å². The van der Waals surface area contributed by atoms with Crippen LogP contribution >= 0.6 is 11.8 Å². The minimum absolute atomic E-state index is 0.132. The van der Waals surface area contributed by atoms with Gasteiger partial charge in [0.15, 0.2) is 0 Å². The molecule has 0 saturated heterocycles. The highest BCUT2D eigenvalue weighted by molar-refractivity contribution is 7.98. The van der Waals surface area contributed by atoms with Gasteiger partial charge in [0.25, 0.3) is 0 Å². The molecule has 0 aliphatic rings. The highest BCUT2D eigenvalue weighted by Gasteiger charge is 2.10. The molecule has 0 fully saturated rings. The van der Waals surface area contributed by atoms with Crippen molar-refractivity contribution in [2.24, 2.45) is 11.7 Å². The van der Waals surface area contributed by atoms with Crippen molar-refractivity contribution < 1.29 is 9.59 Å². The summed E-state index contributed by atoms with van der Waals surface area (Å²) in [5.74, 6) is 0.108. The van der Waals surface area contributed by atoms with E-state index in [9.17, 15) is 9.59 Å². The molecule has 0 rings (SSSR count). The molecule has 14 heavy (non-hydrogen) atoms. The highest BCUT2D eigenvalue weighted by atomic mass is 32.2. The summed E-state index contributed by atoms with van der Waals surface area (Å²) >= 11 is 1.67. The average molecular weight is 217 g/mol. The van der Waals surface area contributed by atoms with Crippen LogP contribution in [0.1, 0.15) is 13.3 Å². The van der Waals surface area contributed by atoms with Crippen molar-refractivity contribution in [3.05, 3.63) is 6.42 Å². The first-order valence-corrected chi connectivity index (χ1v) is 5.86. The first-order chi connectivity index (χ1) is 6.57. The number of hydrogen-bond acceptors (Lipinski definition) is 3.